The smallest absolute Gasteiger partial charge is 0.256 e. The molecule has 3 N–H and O–H groups in total. The van der Waals surface area contributed by atoms with Crippen molar-refractivity contribution in [2.75, 3.05) is 4.90 Å². The number of nitrogens with two attached hydrogens (primary N) is 1. The fraction of sp³-hybridized carbons (Fsp3) is 0.471. The van der Waals surface area contributed by atoms with Gasteiger partial charge in [0.15, 0.2) is 0 Å². The predicted octanol–water partition coefficient (Wildman–Crippen LogP) is 2.77. The molecule has 0 spiro atoms. The minimum absolute atomic E-state index is 0.146. The molecule has 0 aromatic heterocycles. The highest BCUT2D eigenvalue weighted by Gasteiger charge is 2.38. The molecule has 114 valence electrons. The zero-order valence-electron chi connectivity index (χ0n) is 13.5. The topological polar surface area (TPSA) is 58.4 Å². The zero-order valence-corrected chi connectivity index (χ0v) is 13.5. The molecule has 0 saturated heterocycles. The Morgan fingerprint density at radius 3 is 2.62 bits per heavy atom. The van der Waals surface area contributed by atoms with E-state index in [0.717, 1.165) is 5.69 Å². The van der Waals surface area contributed by atoms with Crippen molar-refractivity contribution in [2.24, 2.45) is 5.84 Å². The van der Waals surface area contributed by atoms with E-state index in [2.05, 4.69) is 62.3 Å². The van der Waals surface area contributed by atoms with E-state index < -0.39 is 0 Å². The Morgan fingerprint density at radius 2 is 2.05 bits per heavy atom. The molecule has 0 saturated carbocycles. The summed E-state index contributed by atoms with van der Waals surface area (Å²) in [5.74, 6) is 5.24. The number of nitrogens with one attached hydrogen (secondary N) is 1. The number of carbonyl (C=O) groups is 1. The normalized spacial score (nSPS) is 17.8. The lowest BCUT2D eigenvalue weighted by Crippen LogP contribution is -2.57. The Hall–Kier alpha value is -1.81. The summed E-state index contributed by atoms with van der Waals surface area (Å²) in [6.07, 6.45) is 2.92. The van der Waals surface area contributed by atoms with Crippen LogP contribution in [0.3, 0.4) is 0 Å². The molecule has 1 heterocycles. The molecule has 1 atom stereocenters. The third-order valence-electron chi connectivity index (χ3n) is 4.24. The van der Waals surface area contributed by atoms with Gasteiger partial charge in [-0.15, -0.1) is 0 Å². The van der Waals surface area contributed by atoms with Gasteiger partial charge >= 0.3 is 0 Å². The van der Waals surface area contributed by atoms with Crippen molar-refractivity contribution >= 4 is 17.2 Å². The number of allylic oxidation sites excluding steroid dienone is 1. The number of benzene rings is 1. The molecule has 1 aliphatic rings. The first-order valence-electron chi connectivity index (χ1n) is 7.42. The van der Waals surface area contributed by atoms with E-state index in [9.17, 15) is 4.79 Å². The molecule has 1 aromatic rings. The quantitative estimate of drug-likeness (QED) is 0.510. The first-order chi connectivity index (χ1) is 9.83. The van der Waals surface area contributed by atoms with Gasteiger partial charge in [0.25, 0.3) is 5.91 Å². The van der Waals surface area contributed by atoms with E-state index in [-0.39, 0.29) is 17.5 Å². The molecule has 1 aliphatic heterocycles. The fourth-order valence-electron chi connectivity index (χ4n) is 3.40. The van der Waals surface area contributed by atoms with Crippen molar-refractivity contribution in [3.63, 3.8) is 0 Å². The summed E-state index contributed by atoms with van der Waals surface area (Å²) >= 11 is 0. The van der Waals surface area contributed by atoms with Gasteiger partial charge in [-0.05, 0) is 45.3 Å². The minimum atomic E-state index is -0.283. The lowest BCUT2D eigenvalue weighted by molar-refractivity contribution is -0.122. The summed E-state index contributed by atoms with van der Waals surface area (Å²) in [5.41, 5.74) is 6.83. The number of para-hydroxylation sites is 1. The van der Waals surface area contributed by atoms with Crippen LogP contribution in [0.5, 0.6) is 0 Å². The standard InChI is InChI=1S/C17H25N3O/c1-6-14(16(21)19-18)20-15-11(2)8-7-9-13(15)12(3)10-17(20,4)5/h7-10,14H,6,18H2,1-5H3,(H,19,21)/t14-/m1/s1. The Labute approximate surface area is 127 Å². The largest absolute Gasteiger partial charge is 0.350 e. The van der Waals surface area contributed by atoms with E-state index in [4.69, 9.17) is 5.84 Å². The zero-order chi connectivity index (χ0) is 15.8. The molecule has 4 nitrogen and oxygen atoms in total. The van der Waals surface area contributed by atoms with E-state index in [0.29, 0.717) is 6.42 Å². The molecule has 1 aromatic carbocycles. The molecular formula is C17H25N3O. The number of amides is 1. The lowest BCUT2D eigenvalue weighted by atomic mass is 9.85. The van der Waals surface area contributed by atoms with Crippen LogP contribution in [0, 0.1) is 6.92 Å². The molecule has 0 bridgehead atoms. The molecule has 0 unspecified atom stereocenters. The van der Waals surface area contributed by atoms with Crippen LogP contribution in [-0.2, 0) is 4.79 Å². The van der Waals surface area contributed by atoms with Gasteiger partial charge in [-0.1, -0.05) is 31.2 Å². The molecule has 21 heavy (non-hydrogen) atoms. The average Bonchev–Trinajstić information content (AvgIpc) is 2.42. The van der Waals surface area contributed by atoms with Crippen LogP contribution in [0.1, 0.15) is 45.2 Å². The van der Waals surface area contributed by atoms with Crippen LogP contribution in [0.25, 0.3) is 5.57 Å². The summed E-state index contributed by atoms with van der Waals surface area (Å²) in [7, 11) is 0. The van der Waals surface area contributed by atoms with Crippen LogP contribution in [0.2, 0.25) is 0 Å². The van der Waals surface area contributed by atoms with Gasteiger partial charge in [-0.3, -0.25) is 10.2 Å². The van der Waals surface area contributed by atoms with E-state index in [1.165, 1.54) is 16.7 Å². The number of hydrazine groups is 1. The van der Waals surface area contributed by atoms with E-state index >= 15 is 0 Å². The number of carbonyl (C=O) groups excluding carboxylic acids is 1. The summed E-state index contributed by atoms with van der Waals surface area (Å²) < 4.78 is 0. The lowest BCUT2D eigenvalue weighted by Gasteiger charge is -2.47. The first-order valence-corrected chi connectivity index (χ1v) is 7.42. The molecule has 0 fully saturated rings. The Morgan fingerprint density at radius 1 is 1.38 bits per heavy atom. The van der Waals surface area contributed by atoms with Crippen molar-refractivity contribution in [3.05, 3.63) is 35.4 Å². The fourth-order valence-corrected chi connectivity index (χ4v) is 3.40. The number of anilines is 1. The van der Waals surface area contributed by atoms with Gasteiger partial charge in [0.05, 0.1) is 5.54 Å². The van der Waals surface area contributed by atoms with Gasteiger partial charge in [-0.25, -0.2) is 5.84 Å². The van der Waals surface area contributed by atoms with E-state index in [1.807, 2.05) is 6.92 Å². The second-order valence-electron chi connectivity index (χ2n) is 6.25. The van der Waals surface area contributed by atoms with Crippen LogP contribution < -0.4 is 16.2 Å². The highest BCUT2D eigenvalue weighted by Crippen LogP contribution is 2.42. The summed E-state index contributed by atoms with van der Waals surface area (Å²) in [6, 6.07) is 5.98. The average molecular weight is 287 g/mol. The maximum absolute atomic E-state index is 12.2. The summed E-state index contributed by atoms with van der Waals surface area (Å²) in [6.45, 7) is 10.5. The van der Waals surface area contributed by atoms with E-state index in [1.54, 1.807) is 0 Å². The maximum Gasteiger partial charge on any atom is 0.256 e. The van der Waals surface area contributed by atoms with Gasteiger partial charge in [-0.2, -0.15) is 0 Å². The SMILES string of the molecule is CC[C@H](C(=O)NN)N1c2c(C)cccc2C(C)=CC1(C)C. The van der Waals surface area contributed by atoms with Crippen molar-refractivity contribution in [2.45, 2.75) is 52.6 Å². The third kappa shape index (κ3) is 2.56. The number of hydrogen-bond donors (Lipinski definition) is 2. The van der Waals surface area contributed by atoms with Crippen molar-refractivity contribution in [1.82, 2.24) is 5.43 Å². The Balaban J connectivity index is 2.67. The van der Waals surface area contributed by atoms with Crippen molar-refractivity contribution in [1.29, 1.82) is 0 Å². The molecule has 4 heteroatoms. The molecular weight excluding hydrogens is 262 g/mol. The van der Waals surface area contributed by atoms with Crippen LogP contribution in [0.15, 0.2) is 24.3 Å². The van der Waals surface area contributed by atoms with Crippen LogP contribution in [0.4, 0.5) is 5.69 Å². The molecule has 0 aliphatic carbocycles. The van der Waals surface area contributed by atoms with Gasteiger partial charge in [0.1, 0.15) is 6.04 Å². The molecule has 0 radical (unpaired) electrons. The molecule has 2 rings (SSSR count). The van der Waals surface area contributed by atoms with Gasteiger partial charge < -0.3 is 4.90 Å². The monoisotopic (exact) mass is 287 g/mol. The second kappa shape index (κ2) is 5.53. The Bertz CT molecular complexity index is 590. The molecule has 1 amide bonds. The highest BCUT2D eigenvalue weighted by molar-refractivity contribution is 5.90. The first kappa shape index (κ1) is 15.6. The number of nitrogens with zero attached hydrogens (tertiary/aromatic N) is 1. The Kier molecular flexibility index (Phi) is 4.10. The summed E-state index contributed by atoms with van der Waals surface area (Å²) in [5, 5.41) is 0. The van der Waals surface area contributed by atoms with Crippen molar-refractivity contribution < 1.29 is 4.79 Å². The maximum atomic E-state index is 12.2. The second-order valence-corrected chi connectivity index (χ2v) is 6.25. The summed E-state index contributed by atoms with van der Waals surface area (Å²) in [4.78, 5) is 14.4. The third-order valence-corrected chi connectivity index (χ3v) is 4.24. The number of fused-ring (bicyclic) bond motifs is 1. The highest BCUT2D eigenvalue weighted by atomic mass is 16.2. The van der Waals surface area contributed by atoms with Crippen LogP contribution >= 0.6 is 0 Å². The van der Waals surface area contributed by atoms with Crippen LogP contribution in [-0.4, -0.2) is 17.5 Å². The van der Waals surface area contributed by atoms with Gasteiger partial charge in [0, 0.05) is 11.3 Å². The number of rotatable bonds is 3. The number of hydrogen-bond acceptors (Lipinski definition) is 3. The predicted molar refractivity (Wildman–Crippen MR) is 87.8 cm³/mol. The van der Waals surface area contributed by atoms with Crippen molar-refractivity contribution in [3.8, 4) is 0 Å². The number of aryl methyl sites for hydroxylation is 1. The minimum Gasteiger partial charge on any atom is -0.350 e. The van der Waals surface area contributed by atoms with Gasteiger partial charge in [0.2, 0.25) is 0 Å².